The molecule has 1 aromatic heterocycles. The predicted molar refractivity (Wildman–Crippen MR) is 84.4 cm³/mol. The lowest BCUT2D eigenvalue weighted by molar-refractivity contribution is 0.00562. The molecule has 1 amide bonds. The van der Waals surface area contributed by atoms with Gasteiger partial charge in [-0.05, 0) is 12.8 Å². The number of aliphatic hydroxyl groups is 1. The number of rotatable bonds is 6. The van der Waals surface area contributed by atoms with Crippen LogP contribution in [0.2, 0.25) is 0 Å². The quantitative estimate of drug-likeness (QED) is 0.860. The van der Waals surface area contributed by atoms with Gasteiger partial charge in [0.15, 0.2) is 0 Å². The molecule has 0 radical (unpaired) electrons. The van der Waals surface area contributed by atoms with Crippen molar-refractivity contribution in [1.29, 1.82) is 0 Å². The van der Waals surface area contributed by atoms with Gasteiger partial charge in [0.1, 0.15) is 5.69 Å². The van der Waals surface area contributed by atoms with Crippen molar-refractivity contribution in [2.45, 2.75) is 32.8 Å². The molecular formula is C17H22N2O3. The van der Waals surface area contributed by atoms with Gasteiger partial charge in [-0.2, -0.15) is 0 Å². The van der Waals surface area contributed by atoms with Gasteiger partial charge in [0, 0.05) is 18.2 Å². The van der Waals surface area contributed by atoms with Gasteiger partial charge in [0.05, 0.1) is 5.60 Å². The Morgan fingerprint density at radius 2 is 2.09 bits per heavy atom. The summed E-state index contributed by atoms with van der Waals surface area (Å²) in [7, 11) is 0. The Labute approximate surface area is 130 Å². The number of nitrogens with one attached hydrogen (secondary N) is 1. The molecule has 22 heavy (non-hydrogen) atoms. The molecule has 0 saturated carbocycles. The van der Waals surface area contributed by atoms with E-state index in [0.29, 0.717) is 5.69 Å². The van der Waals surface area contributed by atoms with Crippen LogP contribution in [-0.4, -0.2) is 28.3 Å². The smallest absolute Gasteiger partial charge is 0.290 e. The maximum Gasteiger partial charge on any atom is 0.290 e. The third kappa shape index (κ3) is 3.74. The number of hydrogen-bond donors (Lipinski definition) is 2. The maximum absolute atomic E-state index is 12.1. The minimum Gasteiger partial charge on any atom is -0.388 e. The van der Waals surface area contributed by atoms with Crippen LogP contribution in [0.1, 0.15) is 37.7 Å². The highest BCUT2D eigenvalue weighted by molar-refractivity contribution is 5.92. The minimum absolute atomic E-state index is 0.0856. The molecule has 0 aliphatic rings. The molecule has 0 fully saturated rings. The zero-order valence-corrected chi connectivity index (χ0v) is 13.2. The first-order valence-electron chi connectivity index (χ1n) is 7.46. The van der Waals surface area contributed by atoms with Crippen molar-refractivity contribution in [2.75, 3.05) is 6.54 Å². The summed E-state index contributed by atoms with van der Waals surface area (Å²) in [6, 6.07) is 11.1. The van der Waals surface area contributed by atoms with Crippen molar-refractivity contribution in [3.8, 4) is 11.3 Å². The van der Waals surface area contributed by atoms with E-state index < -0.39 is 5.60 Å². The predicted octanol–water partition coefficient (Wildman–Crippen LogP) is 2.87. The molecule has 2 unspecified atom stereocenters. The standard InChI is InChI=1S/C17H22N2O3/c1-4-12(2)17(3,21)11-18-16(20)15-10-14(19-22-15)13-8-6-5-7-9-13/h5-10,12,21H,4,11H2,1-3H3,(H,18,20). The zero-order valence-electron chi connectivity index (χ0n) is 13.2. The van der Waals surface area contributed by atoms with E-state index in [1.54, 1.807) is 13.0 Å². The Hall–Kier alpha value is -2.14. The third-order valence-corrected chi connectivity index (χ3v) is 4.08. The number of hydrogen-bond acceptors (Lipinski definition) is 4. The second kappa shape index (κ2) is 6.75. The summed E-state index contributed by atoms with van der Waals surface area (Å²) in [5, 5.41) is 16.9. The molecule has 2 aromatic rings. The van der Waals surface area contributed by atoms with E-state index >= 15 is 0 Å². The van der Waals surface area contributed by atoms with Gasteiger partial charge < -0.3 is 14.9 Å². The lowest BCUT2D eigenvalue weighted by Crippen LogP contribution is -2.45. The Kier molecular flexibility index (Phi) is 4.98. The molecule has 118 valence electrons. The van der Waals surface area contributed by atoms with E-state index in [2.05, 4.69) is 10.5 Å². The highest BCUT2D eigenvalue weighted by Crippen LogP contribution is 2.20. The molecule has 0 saturated heterocycles. The summed E-state index contributed by atoms with van der Waals surface area (Å²) < 4.78 is 5.09. The monoisotopic (exact) mass is 302 g/mol. The topological polar surface area (TPSA) is 75.4 Å². The molecule has 0 spiro atoms. The van der Waals surface area contributed by atoms with Crippen LogP contribution in [-0.2, 0) is 0 Å². The normalized spacial score (nSPS) is 15.1. The molecule has 2 rings (SSSR count). The van der Waals surface area contributed by atoms with Gasteiger partial charge in [-0.25, -0.2) is 0 Å². The molecular weight excluding hydrogens is 280 g/mol. The lowest BCUT2D eigenvalue weighted by Gasteiger charge is -2.29. The van der Waals surface area contributed by atoms with E-state index in [1.807, 2.05) is 44.2 Å². The van der Waals surface area contributed by atoms with Gasteiger partial charge in [-0.1, -0.05) is 55.8 Å². The molecule has 5 nitrogen and oxygen atoms in total. The first kappa shape index (κ1) is 16.2. The van der Waals surface area contributed by atoms with Crippen LogP contribution in [0.15, 0.2) is 40.9 Å². The largest absolute Gasteiger partial charge is 0.388 e. The fourth-order valence-corrected chi connectivity index (χ4v) is 2.09. The Balaban J connectivity index is 2.01. The summed E-state index contributed by atoms with van der Waals surface area (Å²) >= 11 is 0. The van der Waals surface area contributed by atoms with Crippen molar-refractivity contribution in [3.05, 3.63) is 42.2 Å². The maximum atomic E-state index is 12.1. The Bertz CT molecular complexity index is 620. The van der Waals surface area contributed by atoms with Crippen LogP contribution in [0.5, 0.6) is 0 Å². The first-order valence-corrected chi connectivity index (χ1v) is 7.46. The van der Waals surface area contributed by atoms with Crippen molar-refractivity contribution in [3.63, 3.8) is 0 Å². The van der Waals surface area contributed by atoms with Crippen LogP contribution in [0.25, 0.3) is 11.3 Å². The number of nitrogens with zero attached hydrogens (tertiary/aromatic N) is 1. The van der Waals surface area contributed by atoms with Gasteiger partial charge in [0.25, 0.3) is 5.91 Å². The summed E-state index contributed by atoms with van der Waals surface area (Å²) in [5.41, 5.74) is 0.545. The van der Waals surface area contributed by atoms with E-state index in [-0.39, 0.29) is 24.1 Å². The zero-order chi connectivity index (χ0) is 16.2. The summed E-state index contributed by atoms with van der Waals surface area (Å²) in [5.74, 6) is -0.153. The average molecular weight is 302 g/mol. The molecule has 2 N–H and O–H groups in total. The molecule has 0 aliphatic carbocycles. The number of amides is 1. The fourth-order valence-electron chi connectivity index (χ4n) is 2.09. The second-order valence-corrected chi connectivity index (χ2v) is 5.79. The first-order chi connectivity index (χ1) is 10.4. The lowest BCUT2D eigenvalue weighted by atomic mass is 9.88. The number of carbonyl (C=O) groups is 1. The Morgan fingerprint density at radius 1 is 1.41 bits per heavy atom. The molecule has 1 aromatic carbocycles. The van der Waals surface area contributed by atoms with Crippen molar-refractivity contribution in [2.24, 2.45) is 5.92 Å². The SMILES string of the molecule is CCC(C)C(C)(O)CNC(=O)c1cc(-c2ccccc2)no1. The summed E-state index contributed by atoms with van der Waals surface area (Å²) in [6.45, 7) is 5.84. The third-order valence-electron chi connectivity index (χ3n) is 4.08. The van der Waals surface area contributed by atoms with E-state index in [0.717, 1.165) is 12.0 Å². The van der Waals surface area contributed by atoms with Crippen LogP contribution < -0.4 is 5.32 Å². The van der Waals surface area contributed by atoms with E-state index in [1.165, 1.54) is 0 Å². The summed E-state index contributed by atoms with van der Waals surface area (Å²) in [6.07, 6.45) is 0.837. The molecule has 2 atom stereocenters. The summed E-state index contributed by atoms with van der Waals surface area (Å²) in [4.78, 5) is 12.1. The molecule has 5 heteroatoms. The van der Waals surface area contributed by atoms with Crippen LogP contribution in [0.3, 0.4) is 0 Å². The van der Waals surface area contributed by atoms with Gasteiger partial charge in [0.2, 0.25) is 5.76 Å². The molecule has 0 bridgehead atoms. The minimum atomic E-state index is -0.952. The van der Waals surface area contributed by atoms with Gasteiger partial charge in [-0.3, -0.25) is 4.79 Å². The highest BCUT2D eigenvalue weighted by Gasteiger charge is 2.28. The van der Waals surface area contributed by atoms with Crippen LogP contribution in [0.4, 0.5) is 0 Å². The van der Waals surface area contributed by atoms with E-state index in [4.69, 9.17) is 4.52 Å². The second-order valence-electron chi connectivity index (χ2n) is 5.79. The molecule has 0 aliphatic heterocycles. The van der Waals surface area contributed by atoms with Crippen LogP contribution >= 0.6 is 0 Å². The molecule has 1 heterocycles. The number of aromatic nitrogens is 1. The average Bonchev–Trinajstić information content (AvgIpc) is 3.02. The van der Waals surface area contributed by atoms with Crippen molar-refractivity contribution in [1.82, 2.24) is 10.5 Å². The highest BCUT2D eigenvalue weighted by atomic mass is 16.5. The number of carbonyl (C=O) groups excluding carboxylic acids is 1. The van der Waals surface area contributed by atoms with Crippen LogP contribution in [0, 0.1) is 5.92 Å². The van der Waals surface area contributed by atoms with E-state index in [9.17, 15) is 9.90 Å². The van der Waals surface area contributed by atoms with Crippen molar-refractivity contribution < 1.29 is 14.4 Å². The number of benzene rings is 1. The Morgan fingerprint density at radius 3 is 2.73 bits per heavy atom. The fraction of sp³-hybridized carbons (Fsp3) is 0.412. The van der Waals surface area contributed by atoms with Crippen molar-refractivity contribution >= 4 is 5.91 Å². The van der Waals surface area contributed by atoms with Gasteiger partial charge >= 0.3 is 0 Å². The van der Waals surface area contributed by atoms with Gasteiger partial charge in [-0.15, -0.1) is 0 Å².